The molecular weight excluding hydrogens is 464 g/mol. The summed E-state index contributed by atoms with van der Waals surface area (Å²) in [6, 6.07) is -4.11. The van der Waals surface area contributed by atoms with Gasteiger partial charge >= 0.3 is 5.97 Å². The zero-order valence-corrected chi connectivity index (χ0v) is 21.0. The number of thioether (sulfide) groups is 1. The maximum absolute atomic E-state index is 13.0. The number of unbranched alkanes of at least 4 members (excludes halogenated alkanes) is 1. The number of amides is 4. The smallest absolute Gasteiger partial charge is 0.326 e. The molecule has 10 N–H and O–H groups in total. The molecule has 0 aromatic rings. The molecule has 0 heterocycles. The van der Waals surface area contributed by atoms with Gasteiger partial charge in [0.25, 0.3) is 0 Å². The van der Waals surface area contributed by atoms with Gasteiger partial charge < -0.3 is 38.3 Å². The van der Waals surface area contributed by atoms with E-state index in [1.807, 2.05) is 6.26 Å². The van der Waals surface area contributed by atoms with Crippen molar-refractivity contribution in [3.63, 3.8) is 0 Å². The highest BCUT2D eigenvalue weighted by Crippen LogP contribution is 2.08. The number of aliphatic carboxylic acids is 1. The van der Waals surface area contributed by atoms with E-state index in [0.29, 0.717) is 38.0 Å². The summed E-state index contributed by atoms with van der Waals surface area (Å²) in [4.78, 5) is 60.7. The Morgan fingerprint density at radius 2 is 1.50 bits per heavy atom. The fraction of sp³-hybridized carbons (Fsp3) is 0.762. The quantitative estimate of drug-likeness (QED) is 0.110. The predicted octanol–water partition coefficient (Wildman–Crippen LogP) is -1.34. The minimum Gasteiger partial charge on any atom is -0.480 e. The van der Waals surface area contributed by atoms with E-state index in [0.717, 1.165) is 0 Å². The van der Waals surface area contributed by atoms with Crippen molar-refractivity contribution in [3.05, 3.63) is 0 Å². The van der Waals surface area contributed by atoms with Gasteiger partial charge in [-0.1, -0.05) is 13.8 Å². The van der Waals surface area contributed by atoms with Crippen LogP contribution in [-0.2, 0) is 24.0 Å². The van der Waals surface area contributed by atoms with Crippen LogP contribution in [-0.4, -0.2) is 77.4 Å². The van der Waals surface area contributed by atoms with E-state index in [1.165, 1.54) is 0 Å². The summed E-state index contributed by atoms with van der Waals surface area (Å²) in [5, 5.41) is 16.9. The summed E-state index contributed by atoms with van der Waals surface area (Å²) >= 11 is 1.55. The number of primary amides is 1. The summed E-state index contributed by atoms with van der Waals surface area (Å²) in [5.41, 5.74) is 16.5. The van der Waals surface area contributed by atoms with Gasteiger partial charge in [0.1, 0.15) is 18.1 Å². The fourth-order valence-corrected chi connectivity index (χ4v) is 3.50. The molecule has 4 unspecified atom stereocenters. The zero-order valence-electron chi connectivity index (χ0n) is 20.2. The Morgan fingerprint density at radius 1 is 0.882 bits per heavy atom. The first-order chi connectivity index (χ1) is 15.9. The summed E-state index contributed by atoms with van der Waals surface area (Å²) in [7, 11) is 0. The molecule has 0 aromatic heterocycles. The Labute approximate surface area is 204 Å². The van der Waals surface area contributed by atoms with Crippen LogP contribution in [0.3, 0.4) is 0 Å². The molecular formula is C21H40N6O6S. The second kappa shape index (κ2) is 17.1. The van der Waals surface area contributed by atoms with E-state index in [4.69, 9.17) is 17.2 Å². The van der Waals surface area contributed by atoms with Gasteiger partial charge in [-0.3, -0.25) is 19.2 Å². The molecule has 0 rings (SSSR count). The number of nitrogens with two attached hydrogens (primary N) is 3. The average molecular weight is 505 g/mol. The highest BCUT2D eigenvalue weighted by molar-refractivity contribution is 7.98. The van der Waals surface area contributed by atoms with E-state index in [9.17, 15) is 29.1 Å². The van der Waals surface area contributed by atoms with Crippen LogP contribution in [0.25, 0.3) is 0 Å². The normalized spacial score (nSPS) is 14.5. The van der Waals surface area contributed by atoms with Gasteiger partial charge in [0.2, 0.25) is 23.6 Å². The number of rotatable bonds is 18. The van der Waals surface area contributed by atoms with Gasteiger partial charge in [0.15, 0.2) is 0 Å². The molecule has 13 heteroatoms. The lowest BCUT2D eigenvalue weighted by molar-refractivity contribution is -0.143. The standard InChI is InChI=1S/C21H40N6O6S/c1-12(2)17(20(31)26-15(21(32)33)7-8-16(24)28)27-19(30)14(6-4-5-10-22)25-18(29)13(23)9-11-34-3/h12-15,17H,4-11,22-23H2,1-3H3,(H2,24,28)(H,25,29)(H,26,31)(H,27,30)(H,32,33). The van der Waals surface area contributed by atoms with Crippen molar-refractivity contribution in [2.24, 2.45) is 23.1 Å². The molecule has 0 aliphatic heterocycles. The number of carboxylic acids is 1. The number of hydrogen-bond donors (Lipinski definition) is 7. The third-order valence-electron chi connectivity index (χ3n) is 5.09. The van der Waals surface area contributed by atoms with Crippen LogP contribution in [0.2, 0.25) is 0 Å². The van der Waals surface area contributed by atoms with Crippen molar-refractivity contribution in [2.45, 2.75) is 76.5 Å². The van der Waals surface area contributed by atoms with Crippen molar-refractivity contribution in [1.29, 1.82) is 0 Å². The monoisotopic (exact) mass is 504 g/mol. The number of carbonyl (C=O) groups excluding carboxylic acids is 4. The van der Waals surface area contributed by atoms with Gasteiger partial charge in [-0.05, 0) is 56.6 Å². The molecule has 0 fully saturated rings. The lowest BCUT2D eigenvalue weighted by Gasteiger charge is -2.27. The van der Waals surface area contributed by atoms with Crippen molar-refractivity contribution < 1.29 is 29.1 Å². The molecule has 34 heavy (non-hydrogen) atoms. The van der Waals surface area contributed by atoms with Crippen LogP contribution in [0.1, 0.15) is 52.4 Å². The van der Waals surface area contributed by atoms with Crippen LogP contribution in [0, 0.1) is 5.92 Å². The molecule has 0 aromatic carbocycles. The second-order valence-electron chi connectivity index (χ2n) is 8.37. The number of hydrogen-bond acceptors (Lipinski definition) is 8. The highest BCUT2D eigenvalue weighted by Gasteiger charge is 2.31. The van der Waals surface area contributed by atoms with Crippen LogP contribution in [0.15, 0.2) is 0 Å². The third kappa shape index (κ3) is 12.8. The fourth-order valence-electron chi connectivity index (χ4n) is 3.01. The van der Waals surface area contributed by atoms with Gasteiger partial charge in [-0.25, -0.2) is 4.79 Å². The molecule has 4 atom stereocenters. The molecule has 0 aliphatic rings. The Balaban J connectivity index is 5.38. The molecule has 0 saturated heterocycles. The number of carboxylic acid groups (broad SMARTS) is 1. The Hall–Kier alpha value is -2.38. The Kier molecular flexibility index (Phi) is 15.9. The van der Waals surface area contributed by atoms with Crippen LogP contribution >= 0.6 is 11.8 Å². The SMILES string of the molecule is CSCCC(N)C(=O)NC(CCCCN)C(=O)NC(C(=O)NC(CCC(N)=O)C(=O)O)C(C)C. The summed E-state index contributed by atoms with van der Waals surface area (Å²) < 4.78 is 0. The topological polar surface area (TPSA) is 220 Å². The van der Waals surface area contributed by atoms with Crippen molar-refractivity contribution >= 4 is 41.4 Å². The van der Waals surface area contributed by atoms with Gasteiger partial charge in [0.05, 0.1) is 6.04 Å². The minimum atomic E-state index is -1.34. The molecule has 4 amide bonds. The first-order valence-corrected chi connectivity index (χ1v) is 12.7. The number of nitrogens with one attached hydrogen (secondary N) is 3. The van der Waals surface area contributed by atoms with Gasteiger partial charge in [-0.2, -0.15) is 11.8 Å². The average Bonchev–Trinajstić information content (AvgIpc) is 2.76. The Bertz CT molecular complexity index is 693. The largest absolute Gasteiger partial charge is 0.480 e. The predicted molar refractivity (Wildman–Crippen MR) is 131 cm³/mol. The van der Waals surface area contributed by atoms with E-state index >= 15 is 0 Å². The molecule has 196 valence electrons. The van der Waals surface area contributed by atoms with Crippen molar-refractivity contribution in [2.75, 3.05) is 18.6 Å². The first kappa shape index (κ1) is 31.6. The Morgan fingerprint density at radius 3 is 2.00 bits per heavy atom. The first-order valence-electron chi connectivity index (χ1n) is 11.3. The maximum atomic E-state index is 13.0. The summed E-state index contributed by atoms with van der Waals surface area (Å²) in [6.07, 6.45) is 3.46. The highest BCUT2D eigenvalue weighted by atomic mass is 32.2. The van der Waals surface area contributed by atoms with Gasteiger partial charge in [0, 0.05) is 6.42 Å². The molecule has 0 spiro atoms. The molecule has 0 aliphatic carbocycles. The minimum absolute atomic E-state index is 0.180. The van der Waals surface area contributed by atoms with E-state index < -0.39 is 59.7 Å². The van der Waals surface area contributed by atoms with E-state index in [2.05, 4.69) is 16.0 Å². The molecule has 0 bridgehead atoms. The number of carbonyl (C=O) groups is 5. The molecule has 12 nitrogen and oxygen atoms in total. The van der Waals surface area contributed by atoms with Crippen LogP contribution in [0.4, 0.5) is 0 Å². The lowest BCUT2D eigenvalue weighted by Crippen LogP contribution is -2.58. The lowest BCUT2D eigenvalue weighted by atomic mass is 10.0. The molecule has 0 saturated carbocycles. The maximum Gasteiger partial charge on any atom is 0.326 e. The van der Waals surface area contributed by atoms with E-state index in [1.54, 1.807) is 25.6 Å². The molecule has 0 radical (unpaired) electrons. The van der Waals surface area contributed by atoms with Gasteiger partial charge in [-0.15, -0.1) is 0 Å². The summed E-state index contributed by atoms with van der Waals surface area (Å²) in [5.74, 6) is -3.49. The third-order valence-corrected chi connectivity index (χ3v) is 5.73. The van der Waals surface area contributed by atoms with Crippen molar-refractivity contribution in [1.82, 2.24) is 16.0 Å². The van der Waals surface area contributed by atoms with E-state index in [-0.39, 0.29) is 12.8 Å². The van der Waals surface area contributed by atoms with Crippen LogP contribution < -0.4 is 33.2 Å². The van der Waals surface area contributed by atoms with Crippen LogP contribution in [0.5, 0.6) is 0 Å². The van der Waals surface area contributed by atoms with Crippen molar-refractivity contribution in [3.8, 4) is 0 Å². The summed E-state index contributed by atoms with van der Waals surface area (Å²) in [6.45, 7) is 3.79. The second-order valence-corrected chi connectivity index (χ2v) is 9.35. The zero-order chi connectivity index (χ0) is 26.3.